The predicted molar refractivity (Wildman–Crippen MR) is 101 cm³/mol. The first-order valence-corrected chi connectivity index (χ1v) is 9.46. The van der Waals surface area contributed by atoms with Gasteiger partial charge in [0.25, 0.3) is 5.91 Å². The lowest BCUT2D eigenvalue weighted by atomic mass is 9.94. The van der Waals surface area contributed by atoms with E-state index in [2.05, 4.69) is 5.32 Å². The topological polar surface area (TPSA) is 83.6 Å². The van der Waals surface area contributed by atoms with Gasteiger partial charge in [-0.25, -0.2) is 0 Å². The highest BCUT2D eigenvalue weighted by atomic mass is 16.2. The van der Waals surface area contributed by atoms with Gasteiger partial charge in [0, 0.05) is 30.5 Å². The number of nitrogens with zero attached hydrogens (tertiary/aromatic N) is 1. The zero-order chi connectivity index (χ0) is 19.4. The molecule has 2 aromatic rings. The number of benzene rings is 2. The fraction of sp³-hybridized carbons (Fsp3) is 0.273. The van der Waals surface area contributed by atoms with Crippen molar-refractivity contribution in [1.82, 2.24) is 10.2 Å². The number of nitrogens with one attached hydrogen (secondary N) is 1. The summed E-state index contributed by atoms with van der Waals surface area (Å²) in [7, 11) is 0. The van der Waals surface area contributed by atoms with Crippen LogP contribution in [0.25, 0.3) is 11.1 Å². The van der Waals surface area contributed by atoms with E-state index in [0.717, 1.165) is 34.2 Å². The number of imide groups is 1. The first kappa shape index (κ1) is 16.9. The van der Waals surface area contributed by atoms with Crippen molar-refractivity contribution in [2.45, 2.75) is 38.3 Å². The standard InChI is InChI=1S/C22H18N2O4/c25-19-8-5-13-10-12(4-6-15(13)19)14-2-1-3-16-17(14)11-24(22(16)28)18-7-9-20(26)23-21(18)27/h1-4,6,10,18H,5,7-9,11H2,(H,23,26,27). The average Bonchev–Trinajstić information content (AvgIpc) is 3.22. The maximum Gasteiger partial charge on any atom is 0.255 e. The van der Waals surface area contributed by atoms with E-state index in [4.69, 9.17) is 0 Å². The van der Waals surface area contributed by atoms with E-state index in [1.165, 1.54) is 0 Å². The zero-order valence-electron chi connectivity index (χ0n) is 15.2. The molecule has 2 heterocycles. The SMILES string of the molecule is O=C1CCC(N2Cc3c(cccc3-c3ccc4c(c3)CCC4=O)C2=O)C(=O)N1. The molecule has 0 aromatic heterocycles. The van der Waals surface area contributed by atoms with Gasteiger partial charge in [0.15, 0.2) is 5.78 Å². The van der Waals surface area contributed by atoms with E-state index in [9.17, 15) is 19.2 Å². The molecule has 28 heavy (non-hydrogen) atoms. The molecule has 2 aromatic carbocycles. The number of carbonyl (C=O) groups is 4. The minimum Gasteiger partial charge on any atom is -0.322 e. The molecule has 0 bridgehead atoms. The van der Waals surface area contributed by atoms with Crippen LogP contribution in [0.15, 0.2) is 36.4 Å². The van der Waals surface area contributed by atoms with E-state index in [1.807, 2.05) is 30.3 Å². The lowest BCUT2D eigenvalue weighted by molar-refractivity contribution is -0.136. The number of Topliss-reactive ketones (excluding diaryl/α,β-unsaturated/α-hetero) is 1. The van der Waals surface area contributed by atoms with E-state index >= 15 is 0 Å². The number of aryl methyl sites for hydroxylation is 1. The Morgan fingerprint density at radius 3 is 2.54 bits per heavy atom. The summed E-state index contributed by atoms with van der Waals surface area (Å²) in [5, 5.41) is 2.33. The molecule has 3 amide bonds. The fourth-order valence-electron chi connectivity index (χ4n) is 4.48. The van der Waals surface area contributed by atoms with Gasteiger partial charge >= 0.3 is 0 Å². The van der Waals surface area contributed by atoms with Crippen LogP contribution in [0.2, 0.25) is 0 Å². The Morgan fingerprint density at radius 1 is 0.893 bits per heavy atom. The van der Waals surface area contributed by atoms with Crippen molar-refractivity contribution in [3.63, 3.8) is 0 Å². The third-order valence-corrected chi connectivity index (χ3v) is 5.92. The highest BCUT2D eigenvalue weighted by molar-refractivity contribution is 6.06. The van der Waals surface area contributed by atoms with Gasteiger partial charge in [-0.15, -0.1) is 0 Å². The highest BCUT2D eigenvalue weighted by Gasteiger charge is 2.39. The molecule has 6 heteroatoms. The predicted octanol–water partition coefficient (Wildman–Crippen LogP) is 2.24. The quantitative estimate of drug-likeness (QED) is 0.817. The summed E-state index contributed by atoms with van der Waals surface area (Å²) in [4.78, 5) is 50.1. The summed E-state index contributed by atoms with van der Waals surface area (Å²) in [5.41, 5.74) is 5.25. The summed E-state index contributed by atoms with van der Waals surface area (Å²) in [5.74, 6) is -0.699. The third-order valence-electron chi connectivity index (χ3n) is 5.92. The van der Waals surface area contributed by atoms with E-state index in [1.54, 1.807) is 11.0 Å². The maximum atomic E-state index is 13.0. The number of carbonyl (C=O) groups excluding carboxylic acids is 4. The van der Waals surface area contributed by atoms with Crippen molar-refractivity contribution in [2.24, 2.45) is 0 Å². The highest BCUT2D eigenvalue weighted by Crippen LogP contribution is 2.36. The first-order chi connectivity index (χ1) is 13.5. The molecule has 2 aliphatic heterocycles. The molecular formula is C22H18N2O4. The lowest BCUT2D eigenvalue weighted by Gasteiger charge is -2.29. The van der Waals surface area contributed by atoms with Crippen molar-refractivity contribution in [3.8, 4) is 11.1 Å². The molecule has 0 saturated carbocycles. The van der Waals surface area contributed by atoms with E-state index in [0.29, 0.717) is 24.9 Å². The number of hydrogen-bond donors (Lipinski definition) is 1. The van der Waals surface area contributed by atoms with Crippen LogP contribution in [0.5, 0.6) is 0 Å². The number of piperidine rings is 1. The Kier molecular flexibility index (Phi) is 3.69. The summed E-state index contributed by atoms with van der Waals surface area (Å²) < 4.78 is 0. The van der Waals surface area contributed by atoms with Crippen LogP contribution in [0.3, 0.4) is 0 Å². The molecule has 140 valence electrons. The van der Waals surface area contributed by atoms with Crippen LogP contribution in [0, 0.1) is 0 Å². The van der Waals surface area contributed by atoms with Crippen LogP contribution in [-0.4, -0.2) is 34.4 Å². The smallest absolute Gasteiger partial charge is 0.255 e. The molecule has 6 nitrogen and oxygen atoms in total. The van der Waals surface area contributed by atoms with Gasteiger partial charge in [-0.3, -0.25) is 24.5 Å². The molecule has 3 aliphatic rings. The first-order valence-electron chi connectivity index (χ1n) is 9.46. The van der Waals surface area contributed by atoms with E-state index < -0.39 is 11.9 Å². The van der Waals surface area contributed by atoms with Gasteiger partial charge in [0.2, 0.25) is 11.8 Å². The van der Waals surface area contributed by atoms with Crippen molar-refractivity contribution in [3.05, 3.63) is 58.7 Å². The second-order valence-electron chi connectivity index (χ2n) is 7.53. The Bertz CT molecular complexity index is 1070. The Hall–Kier alpha value is -3.28. The third kappa shape index (κ3) is 2.48. The minimum atomic E-state index is -0.622. The van der Waals surface area contributed by atoms with Crippen LogP contribution in [0.1, 0.15) is 51.1 Å². The molecule has 1 N–H and O–H groups in total. The number of amides is 3. The van der Waals surface area contributed by atoms with Gasteiger partial charge in [-0.1, -0.05) is 30.3 Å². The van der Waals surface area contributed by atoms with Gasteiger partial charge in [-0.05, 0) is 41.2 Å². The number of hydrogen-bond acceptors (Lipinski definition) is 4. The van der Waals surface area contributed by atoms with Crippen molar-refractivity contribution in [1.29, 1.82) is 0 Å². The molecule has 0 radical (unpaired) electrons. The monoisotopic (exact) mass is 374 g/mol. The molecule has 1 saturated heterocycles. The van der Waals surface area contributed by atoms with E-state index in [-0.39, 0.29) is 24.0 Å². The Morgan fingerprint density at radius 2 is 1.71 bits per heavy atom. The van der Waals surface area contributed by atoms with Crippen molar-refractivity contribution in [2.75, 3.05) is 0 Å². The largest absolute Gasteiger partial charge is 0.322 e. The number of ketones is 1. The molecule has 1 atom stereocenters. The average molecular weight is 374 g/mol. The van der Waals surface area contributed by atoms with Gasteiger partial charge in [0.1, 0.15) is 6.04 Å². The Balaban J connectivity index is 1.51. The van der Waals surface area contributed by atoms with Crippen LogP contribution in [0.4, 0.5) is 0 Å². The second kappa shape index (κ2) is 6.12. The lowest BCUT2D eigenvalue weighted by Crippen LogP contribution is -2.52. The molecule has 5 rings (SSSR count). The van der Waals surface area contributed by atoms with Crippen molar-refractivity contribution >= 4 is 23.5 Å². The number of fused-ring (bicyclic) bond motifs is 2. The van der Waals surface area contributed by atoms with Crippen LogP contribution >= 0.6 is 0 Å². The van der Waals surface area contributed by atoms with Gasteiger partial charge < -0.3 is 4.90 Å². The molecule has 1 fully saturated rings. The maximum absolute atomic E-state index is 13.0. The van der Waals surface area contributed by atoms with Crippen LogP contribution < -0.4 is 5.32 Å². The normalized spacial score (nSPS) is 21.0. The number of rotatable bonds is 2. The minimum absolute atomic E-state index is 0.178. The fourth-order valence-corrected chi connectivity index (χ4v) is 4.48. The summed E-state index contributed by atoms with van der Waals surface area (Å²) in [6.07, 6.45) is 1.88. The van der Waals surface area contributed by atoms with Crippen LogP contribution in [-0.2, 0) is 22.6 Å². The second-order valence-corrected chi connectivity index (χ2v) is 7.53. The summed E-state index contributed by atoms with van der Waals surface area (Å²) in [6, 6.07) is 10.8. The van der Waals surface area contributed by atoms with Crippen molar-refractivity contribution < 1.29 is 19.2 Å². The van der Waals surface area contributed by atoms with Gasteiger partial charge in [-0.2, -0.15) is 0 Å². The Labute approximate surface area is 161 Å². The molecular weight excluding hydrogens is 356 g/mol. The summed E-state index contributed by atoms with van der Waals surface area (Å²) >= 11 is 0. The molecule has 0 spiro atoms. The molecule has 1 unspecified atom stereocenters. The zero-order valence-corrected chi connectivity index (χ0v) is 15.2. The summed E-state index contributed by atoms with van der Waals surface area (Å²) in [6.45, 7) is 0.340. The van der Waals surface area contributed by atoms with Gasteiger partial charge in [0.05, 0.1) is 0 Å². The molecule has 1 aliphatic carbocycles.